The maximum Gasteiger partial charge on any atom is 0.276 e. The fraction of sp³-hybridized carbons (Fsp3) is 0. The van der Waals surface area contributed by atoms with Crippen molar-refractivity contribution in [1.82, 2.24) is 15.0 Å². The molecule has 0 atom stereocenters. The highest BCUT2D eigenvalue weighted by Crippen LogP contribution is 2.16. The van der Waals surface area contributed by atoms with Gasteiger partial charge in [0, 0.05) is 5.39 Å². The molecule has 0 aliphatic rings. The molecule has 3 rings (SSSR count). The summed E-state index contributed by atoms with van der Waals surface area (Å²) in [7, 11) is 0. The van der Waals surface area contributed by atoms with Crippen LogP contribution in [0.4, 0.5) is 0 Å². The summed E-state index contributed by atoms with van der Waals surface area (Å²) in [4.78, 5) is 21.2. The molecular formula is C10H7N3O. The van der Waals surface area contributed by atoms with Crippen LogP contribution >= 0.6 is 0 Å². The molecule has 0 radical (unpaired) electrons. The molecule has 0 aliphatic carbocycles. The Morgan fingerprint density at radius 3 is 3.00 bits per heavy atom. The fourth-order valence-electron chi connectivity index (χ4n) is 1.66. The minimum absolute atomic E-state index is 0.153. The highest BCUT2D eigenvalue weighted by atomic mass is 16.1. The lowest BCUT2D eigenvalue weighted by atomic mass is 10.2. The van der Waals surface area contributed by atoms with Gasteiger partial charge in [0.2, 0.25) is 0 Å². The van der Waals surface area contributed by atoms with E-state index < -0.39 is 0 Å². The maximum atomic E-state index is 11.5. The number of pyridine rings is 1. The molecule has 2 heterocycles. The Hall–Kier alpha value is -2.10. The van der Waals surface area contributed by atoms with Crippen LogP contribution in [0.25, 0.3) is 21.9 Å². The third kappa shape index (κ3) is 0.821. The molecule has 14 heavy (non-hydrogen) atoms. The van der Waals surface area contributed by atoms with Crippen LogP contribution in [-0.4, -0.2) is 15.0 Å². The first-order valence-corrected chi connectivity index (χ1v) is 4.30. The van der Waals surface area contributed by atoms with Gasteiger partial charge in [-0.2, -0.15) is 0 Å². The second-order valence-corrected chi connectivity index (χ2v) is 3.13. The first kappa shape index (κ1) is 7.32. The Morgan fingerprint density at radius 2 is 2.07 bits per heavy atom. The molecule has 0 amide bonds. The number of nitrogens with one attached hydrogen (secondary N) is 2. The molecule has 0 bridgehead atoms. The zero-order valence-electron chi connectivity index (χ0n) is 7.24. The van der Waals surface area contributed by atoms with Crippen LogP contribution < -0.4 is 5.56 Å². The van der Waals surface area contributed by atoms with Crippen LogP contribution in [0.5, 0.6) is 0 Å². The highest BCUT2D eigenvalue weighted by molar-refractivity contribution is 6.01. The lowest BCUT2D eigenvalue weighted by Crippen LogP contribution is -2.05. The normalized spacial score (nSPS) is 11.1. The van der Waals surface area contributed by atoms with E-state index in [-0.39, 0.29) is 5.56 Å². The average Bonchev–Trinajstić information content (AvgIpc) is 2.67. The van der Waals surface area contributed by atoms with Crippen molar-refractivity contribution in [2.24, 2.45) is 0 Å². The number of hydrogen-bond donors (Lipinski definition) is 2. The number of aromatic amines is 2. The van der Waals surface area contributed by atoms with Crippen molar-refractivity contribution >= 4 is 21.9 Å². The topological polar surface area (TPSA) is 61.5 Å². The first-order chi connectivity index (χ1) is 6.86. The molecule has 4 nitrogen and oxygen atoms in total. The van der Waals surface area contributed by atoms with E-state index in [4.69, 9.17) is 0 Å². The van der Waals surface area contributed by atoms with Crippen molar-refractivity contribution in [2.45, 2.75) is 0 Å². The van der Waals surface area contributed by atoms with Gasteiger partial charge >= 0.3 is 0 Å². The molecule has 2 N–H and O–H groups in total. The Labute approximate surface area is 78.6 Å². The number of nitrogens with zero attached hydrogens (tertiary/aromatic N) is 1. The van der Waals surface area contributed by atoms with Crippen molar-refractivity contribution in [1.29, 1.82) is 0 Å². The van der Waals surface area contributed by atoms with Gasteiger partial charge in [-0.15, -0.1) is 0 Å². The van der Waals surface area contributed by atoms with Crippen LogP contribution in [0.1, 0.15) is 0 Å². The van der Waals surface area contributed by atoms with Crippen LogP contribution in [0.3, 0.4) is 0 Å². The van der Waals surface area contributed by atoms with Crippen molar-refractivity contribution < 1.29 is 0 Å². The standard InChI is InChI=1S/C10H7N3O/c14-10-9-8(11-5-12-9)6-3-1-2-4-7(6)13-10/h1-5H,(H,11,12)(H,13,14). The van der Waals surface area contributed by atoms with E-state index in [2.05, 4.69) is 15.0 Å². The van der Waals surface area contributed by atoms with Gasteiger partial charge in [0.05, 0.1) is 17.4 Å². The number of imidazole rings is 1. The largest absolute Gasteiger partial charge is 0.344 e. The molecule has 0 aliphatic heterocycles. The molecule has 1 aromatic carbocycles. The number of para-hydroxylation sites is 1. The lowest BCUT2D eigenvalue weighted by molar-refractivity contribution is 1.30. The van der Waals surface area contributed by atoms with Crippen molar-refractivity contribution in [2.75, 3.05) is 0 Å². The number of hydrogen-bond acceptors (Lipinski definition) is 2. The Kier molecular flexibility index (Phi) is 1.28. The van der Waals surface area contributed by atoms with E-state index in [0.717, 1.165) is 16.4 Å². The predicted octanol–water partition coefficient (Wildman–Crippen LogP) is 1.40. The van der Waals surface area contributed by atoms with E-state index in [9.17, 15) is 4.79 Å². The Balaban J connectivity index is 2.73. The summed E-state index contributed by atoms with van der Waals surface area (Å²) < 4.78 is 0. The molecule has 2 aromatic heterocycles. The van der Waals surface area contributed by atoms with Gasteiger partial charge in [0.25, 0.3) is 5.56 Å². The van der Waals surface area contributed by atoms with Crippen LogP contribution in [0.15, 0.2) is 35.4 Å². The van der Waals surface area contributed by atoms with Crippen molar-refractivity contribution in [3.05, 3.63) is 40.9 Å². The molecule has 0 unspecified atom stereocenters. The summed E-state index contributed by atoms with van der Waals surface area (Å²) >= 11 is 0. The summed E-state index contributed by atoms with van der Waals surface area (Å²) in [6, 6.07) is 7.64. The SMILES string of the molecule is O=c1[nH]c2ccccc2c2[nH]cnc12. The molecule has 0 saturated carbocycles. The molecule has 0 saturated heterocycles. The summed E-state index contributed by atoms with van der Waals surface area (Å²) in [5.74, 6) is 0. The number of aromatic nitrogens is 3. The number of benzene rings is 1. The second-order valence-electron chi connectivity index (χ2n) is 3.13. The van der Waals surface area contributed by atoms with E-state index in [1.54, 1.807) is 0 Å². The van der Waals surface area contributed by atoms with Gasteiger partial charge < -0.3 is 9.97 Å². The lowest BCUT2D eigenvalue weighted by Gasteiger charge is -1.97. The first-order valence-electron chi connectivity index (χ1n) is 4.30. The van der Waals surface area contributed by atoms with E-state index in [0.29, 0.717) is 5.52 Å². The van der Waals surface area contributed by atoms with E-state index >= 15 is 0 Å². The molecule has 68 valence electrons. The number of fused-ring (bicyclic) bond motifs is 3. The Morgan fingerprint density at radius 1 is 1.21 bits per heavy atom. The van der Waals surface area contributed by atoms with Crippen LogP contribution in [0, 0.1) is 0 Å². The molecule has 3 aromatic rings. The van der Waals surface area contributed by atoms with Gasteiger partial charge in [-0.3, -0.25) is 4.79 Å². The van der Waals surface area contributed by atoms with Gasteiger partial charge in [-0.05, 0) is 6.07 Å². The second kappa shape index (κ2) is 2.45. The zero-order valence-corrected chi connectivity index (χ0v) is 7.24. The smallest absolute Gasteiger partial charge is 0.276 e. The predicted molar refractivity (Wildman–Crippen MR) is 54.2 cm³/mol. The molecule has 0 spiro atoms. The Bertz CT molecular complexity index is 665. The molecular weight excluding hydrogens is 178 g/mol. The van der Waals surface area contributed by atoms with Crippen LogP contribution in [-0.2, 0) is 0 Å². The third-order valence-corrected chi connectivity index (χ3v) is 2.30. The third-order valence-electron chi connectivity index (χ3n) is 2.30. The monoisotopic (exact) mass is 185 g/mol. The zero-order chi connectivity index (χ0) is 9.54. The fourth-order valence-corrected chi connectivity index (χ4v) is 1.66. The maximum absolute atomic E-state index is 11.5. The average molecular weight is 185 g/mol. The number of H-pyrrole nitrogens is 2. The minimum atomic E-state index is -0.153. The summed E-state index contributed by atoms with van der Waals surface area (Å²) in [5, 5.41) is 0.986. The van der Waals surface area contributed by atoms with E-state index in [1.165, 1.54) is 6.33 Å². The molecule has 4 heteroatoms. The van der Waals surface area contributed by atoms with Gasteiger partial charge in [0.15, 0.2) is 5.52 Å². The minimum Gasteiger partial charge on any atom is -0.344 e. The quantitative estimate of drug-likeness (QED) is 0.556. The summed E-state index contributed by atoms with van der Waals surface area (Å²) in [6.45, 7) is 0. The van der Waals surface area contributed by atoms with Gasteiger partial charge in [-0.1, -0.05) is 18.2 Å². The van der Waals surface area contributed by atoms with Gasteiger partial charge in [0.1, 0.15) is 0 Å². The number of rotatable bonds is 0. The highest BCUT2D eigenvalue weighted by Gasteiger charge is 2.05. The summed E-state index contributed by atoms with van der Waals surface area (Å²) in [6.07, 6.45) is 1.53. The van der Waals surface area contributed by atoms with Gasteiger partial charge in [-0.25, -0.2) is 4.98 Å². The molecule has 0 fully saturated rings. The van der Waals surface area contributed by atoms with Crippen LogP contribution in [0.2, 0.25) is 0 Å². The van der Waals surface area contributed by atoms with Crippen molar-refractivity contribution in [3.8, 4) is 0 Å². The van der Waals surface area contributed by atoms with Crippen molar-refractivity contribution in [3.63, 3.8) is 0 Å². The van der Waals surface area contributed by atoms with E-state index in [1.807, 2.05) is 24.3 Å². The summed E-state index contributed by atoms with van der Waals surface area (Å²) in [5.41, 5.74) is 1.93.